The number of hydrogen-bond donors (Lipinski definition) is 3. The molecule has 0 aromatic rings. The fourth-order valence-electron chi connectivity index (χ4n) is 3.95. The topological polar surface area (TPSA) is 111 Å². The Morgan fingerprint density at radius 1 is 1.12 bits per heavy atom. The van der Waals surface area contributed by atoms with Gasteiger partial charge in [-0.3, -0.25) is 4.79 Å². The van der Waals surface area contributed by atoms with Gasteiger partial charge in [0, 0.05) is 5.54 Å². The average Bonchev–Trinajstić information content (AvgIpc) is 2.56. The summed E-state index contributed by atoms with van der Waals surface area (Å²) < 4.78 is 10.3. The van der Waals surface area contributed by atoms with Crippen molar-refractivity contribution in [3.05, 3.63) is 0 Å². The highest BCUT2D eigenvalue weighted by molar-refractivity contribution is 5.85. The zero-order valence-electron chi connectivity index (χ0n) is 15.5. The number of nitrogens with two attached hydrogens (primary N) is 1. The van der Waals surface area contributed by atoms with E-state index in [-0.39, 0.29) is 42.6 Å². The minimum atomic E-state index is -0.931. The zero-order chi connectivity index (χ0) is 18.2. The van der Waals surface area contributed by atoms with E-state index < -0.39 is 5.97 Å². The average molecular weight is 393 g/mol. The molecule has 0 unspecified atom stereocenters. The molecule has 0 bridgehead atoms. The van der Waals surface area contributed by atoms with Gasteiger partial charge in [-0.05, 0) is 25.7 Å². The molecule has 2 aliphatic carbocycles. The number of nitrogens with one attached hydrogen (secondary N) is 1. The van der Waals surface area contributed by atoms with Crippen LogP contribution in [-0.2, 0) is 19.1 Å². The lowest BCUT2D eigenvalue weighted by Crippen LogP contribution is -2.57. The molecule has 152 valence electrons. The Kier molecular flexibility index (Phi) is 9.85. The number of ether oxygens (including phenoxy) is 2. The Balaban J connectivity index is 0.000000251. The predicted octanol–water partition coefficient (Wildman–Crippen LogP) is 2.01. The summed E-state index contributed by atoms with van der Waals surface area (Å²) in [4.78, 5) is 21.3. The monoisotopic (exact) mass is 392 g/mol. The molecular formula is C18H33ClN2O5. The largest absolute Gasteiger partial charge is 0.480 e. The molecular weight excluding hydrogens is 360 g/mol. The van der Waals surface area contributed by atoms with E-state index in [1.807, 2.05) is 0 Å². The highest BCUT2D eigenvalue weighted by Gasteiger charge is 2.36. The van der Waals surface area contributed by atoms with Crippen LogP contribution < -0.4 is 11.1 Å². The molecule has 1 saturated heterocycles. The van der Waals surface area contributed by atoms with Crippen LogP contribution >= 0.6 is 12.4 Å². The Morgan fingerprint density at radius 3 is 2.23 bits per heavy atom. The number of rotatable bonds is 4. The molecule has 0 radical (unpaired) electrons. The van der Waals surface area contributed by atoms with Crippen LogP contribution in [0.2, 0.25) is 0 Å². The van der Waals surface area contributed by atoms with E-state index in [9.17, 15) is 9.59 Å². The van der Waals surface area contributed by atoms with E-state index in [2.05, 4.69) is 5.32 Å². The predicted molar refractivity (Wildman–Crippen MR) is 100 cm³/mol. The number of morpholine rings is 1. The Labute approximate surface area is 161 Å². The lowest BCUT2D eigenvalue weighted by atomic mass is 9.82. The van der Waals surface area contributed by atoms with Crippen molar-refractivity contribution in [2.75, 3.05) is 26.4 Å². The third-order valence-electron chi connectivity index (χ3n) is 5.29. The van der Waals surface area contributed by atoms with Crippen LogP contribution in [0.5, 0.6) is 0 Å². The second kappa shape index (κ2) is 11.1. The van der Waals surface area contributed by atoms with Gasteiger partial charge in [0.25, 0.3) is 0 Å². The van der Waals surface area contributed by atoms with Gasteiger partial charge in [-0.15, -0.1) is 12.4 Å². The molecule has 1 spiro atoms. The molecule has 0 atom stereocenters. The summed E-state index contributed by atoms with van der Waals surface area (Å²) in [5, 5.41) is 11.4. The molecule has 3 rings (SSSR count). The molecule has 0 aromatic heterocycles. The number of carboxylic acid groups (broad SMARTS) is 1. The van der Waals surface area contributed by atoms with Crippen LogP contribution in [0.15, 0.2) is 0 Å². The Bertz CT molecular complexity index is 443. The standard InChI is InChI=1S/C9H17NO3.C9H15NO2.ClH/c10-9(4-2-1-3-5-9)7-13-6-8(11)12;11-8-6-12-7-9(10-8)4-2-1-3-5-9;/h1-7,10H2,(H,11,12);1-7H2,(H,10,11);1H. The van der Waals surface area contributed by atoms with Gasteiger partial charge < -0.3 is 25.6 Å². The van der Waals surface area contributed by atoms with Gasteiger partial charge >= 0.3 is 5.97 Å². The first-order valence-corrected chi connectivity index (χ1v) is 9.40. The molecule has 4 N–H and O–H groups in total. The number of carbonyl (C=O) groups excluding carboxylic acids is 1. The fraction of sp³-hybridized carbons (Fsp3) is 0.889. The number of carbonyl (C=O) groups is 2. The van der Waals surface area contributed by atoms with Crippen molar-refractivity contribution in [3.8, 4) is 0 Å². The molecule has 8 heteroatoms. The van der Waals surface area contributed by atoms with Crippen molar-refractivity contribution in [3.63, 3.8) is 0 Å². The minimum Gasteiger partial charge on any atom is -0.480 e. The summed E-state index contributed by atoms with van der Waals surface area (Å²) in [5.41, 5.74) is 5.76. The minimum absolute atomic E-state index is 0. The normalized spacial score (nSPS) is 23.8. The van der Waals surface area contributed by atoms with Crippen LogP contribution in [-0.4, -0.2) is 54.5 Å². The van der Waals surface area contributed by atoms with E-state index in [0.29, 0.717) is 6.61 Å². The summed E-state index contributed by atoms with van der Waals surface area (Å²) in [6, 6.07) is 0. The molecule has 2 saturated carbocycles. The van der Waals surface area contributed by atoms with Crippen LogP contribution in [0.4, 0.5) is 0 Å². The van der Waals surface area contributed by atoms with Crippen molar-refractivity contribution in [2.24, 2.45) is 5.73 Å². The van der Waals surface area contributed by atoms with Crippen LogP contribution in [0.25, 0.3) is 0 Å². The summed E-state index contributed by atoms with van der Waals surface area (Å²) >= 11 is 0. The van der Waals surface area contributed by atoms with Crippen molar-refractivity contribution in [2.45, 2.75) is 75.3 Å². The van der Waals surface area contributed by atoms with E-state index in [1.54, 1.807) is 0 Å². The molecule has 1 aliphatic heterocycles. The van der Waals surface area contributed by atoms with Gasteiger partial charge in [-0.25, -0.2) is 4.79 Å². The number of amides is 1. The van der Waals surface area contributed by atoms with Gasteiger partial charge in [-0.2, -0.15) is 0 Å². The van der Waals surface area contributed by atoms with Crippen LogP contribution in [0.1, 0.15) is 64.2 Å². The number of aliphatic carboxylic acids is 1. The zero-order valence-corrected chi connectivity index (χ0v) is 16.3. The first kappa shape index (κ1) is 23.1. The number of hydrogen-bond acceptors (Lipinski definition) is 5. The second-order valence-electron chi connectivity index (χ2n) is 7.69. The van der Waals surface area contributed by atoms with E-state index in [1.165, 1.54) is 25.7 Å². The summed E-state index contributed by atoms with van der Waals surface area (Å²) in [6.07, 6.45) is 11.3. The molecule has 0 aromatic carbocycles. The highest BCUT2D eigenvalue weighted by Crippen LogP contribution is 2.29. The molecule has 1 amide bonds. The maximum Gasteiger partial charge on any atom is 0.329 e. The lowest BCUT2D eigenvalue weighted by Gasteiger charge is -2.40. The van der Waals surface area contributed by atoms with E-state index >= 15 is 0 Å². The molecule has 3 aliphatic rings. The molecule has 1 heterocycles. The van der Waals surface area contributed by atoms with Crippen LogP contribution in [0, 0.1) is 0 Å². The van der Waals surface area contributed by atoms with Crippen molar-refractivity contribution in [1.82, 2.24) is 5.32 Å². The molecule has 3 fully saturated rings. The van der Waals surface area contributed by atoms with Crippen molar-refractivity contribution < 1.29 is 24.2 Å². The maximum absolute atomic E-state index is 11.1. The van der Waals surface area contributed by atoms with E-state index in [0.717, 1.165) is 45.1 Å². The van der Waals surface area contributed by atoms with E-state index in [4.69, 9.17) is 20.3 Å². The maximum atomic E-state index is 11.1. The first-order chi connectivity index (χ1) is 11.9. The Morgan fingerprint density at radius 2 is 1.69 bits per heavy atom. The first-order valence-electron chi connectivity index (χ1n) is 9.40. The van der Waals surface area contributed by atoms with Crippen molar-refractivity contribution in [1.29, 1.82) is 0 Å². The van der Waals surface area contributed by atoms with Gasteiger partial charge in [0.2, 0.25) is 5.91 Å². The van der Waals surface area contributed by atoms with Crippen molar-refractivity contribution >= 4 is 24.3 Å². The third kappa shape index (κ3) is 7.78. The quantitative estimate of drug-likeness (QED) is 0.674. The summed E-state index contributed by atoms with van der Waals surface area (Å²) in [7, 11) is 0. The summed E-state index contributed by atoms with van der Waals surface area (Å²) in [6.45, 7) is 1.11. The SMILES string of the molecule is Cl.NC1(COCC(=O)O)CCCCC1.O=C1COCC2(CCCCC2)N1. The smallest absolute Gasteiger partial charge is 0.329 e. The van der Waals surface area contributed by atoms with Crippen LogP contribution in [0.3, 0.4) is 0 Å². The Hall–Kier alpha value is -0.890. The second-order valence-corrected chi connectivity index (χ2v) is 7.69. The van der Waals surface area contributed by atoms with Gasteiger partial charge in [0.05, 0.1) is 18.8 Å². The lowest BCUT2D eigenvalue weighted by molar-refractivity contribution is -0.143. The number of halogens is 1. The molecule has 7 nitrogen and oxygen atoms in total. The summed E-state index contributed by atoms with van der Waals surface area (Å²) in [5.74, 6) is -0.873. The molecule has 26 heavy (non-hydrogen) atoms. The van der Waals surface area contributed by atoms with Gasteiger partial charge in [-0.1, -0.05) is 38.5 Å². The van der Waals surface area contributed by atoms with Gasteiger partial charge in [0.1, 0.15) is 13.2 Å². The number of carboxylic acids is 1. The highest BCUT2D eigenvalue weighted by atomic mass is 35.5. The third-order valence-corrected chi connectivity index (χ3v) is 5.29. The van der Waals surface area contributed by atoms with Gasteiger partial charge in [0.15, 0.2) is 0 Å². The fourth-order valence-corrected chi connectivity index (χ4v) is 3.95.